The molecule has 0 aliphatic carbocycles. The molecule has 0 spiro atoms. The van der Waals surface area contributed by atoms with Gasteiger partial charge in [0.15, 0.2) is 0 Å². The molecule has 0 unspecified atom stereocenters. The Morgan fingerprint density at radius 1 is 1.22 bits per heavy atom. The van der Waals surface area contributed by atoms with Gasteiger partial charge >= 0.3 is 0 Å². The van der Waals surface area contributed by atoms with E-state index in [0.29, 0.717) is 18.0 Å². The molecule has 1 aromatic rings. The second kappa shape index (κ2) is 7.93. The molecule has 1 amide bonds. The van der Waals surface area contributed by atoms with Gasteiger partial charge in [-0.05, 0) is 37.9 Å². The Morgan fingerprint density at radius 2 is 2.04 bits per heavy atom. The Balaban J connectivity index is 1.55. The van der Waals surface area contributed by atoms with Crippen molar-refractivity contribution in [3.8, 4) is 0 Å². The average Bonchev–Trinajstić information content (AvgIpc) is 3.15. The van der Waals surface area contributed by atoms with Crippen molar-refractivity contribution in [2.24, 2.45) is 0 Å². The zero-order valence-corrected chi connectivity index (χ0v) is 14.2. The minimum absolute atomic E-state index is 0.373. The zero-order valence-electron chi connectivity index (χ0n) is 14.2. The smallest absolute Gasteiger partial charge is 0.223 e. The Kier molecular flexibility index (Phi) is 5.68. The normalized spacial score (nSPS) is 25.4. The third-order valence-electron chi connectivity index (χ3n) is 5.17. The van der Waals surface area contributed by atoms with E-state index in [1.165, 1.54) is 5.56 Å². The molecule has 2 fully saturated rings. The fraction of sp³-hybridized carbons (Fsp3) is 0.632. The van der Waals surface area contributed by atoms with Gasteiger partial charge in [0, 0.05) is 38.1 Å². The summed E-state index contributed by atoms with van der Waals surface area (Å²) in [7, 11) is 0. The van der Waals surface area contributed by atoms with Gasteiger partial charge in [-0.1, -0.05) is 37.3 Å². The summed E-state index contributed by atoms with van der Waals surface area (Å²) < 4.78 is 0. The molecule has 4 heteroatoms. The second-order valence-electron chi connectivity index (χ2n) is 6.80. The molecule has 1 aromatic carbocycles. The first kappa shape index (κ1) is 16.5. The van der Waals surface area contributed by atoms with Gasteiger partial charge in [-0.15, -0.1) is 0 Å². The van der Waals surface area contributed by atoms with Crippen molar-refractivity contribution in [1.29, 1.82) is 0 Å². The van der Waals surface area contributed by atoms with Crippen LogP contribution in [-0.2, 0) is 11.3 Å². The fourth-order valence-corrected chi connectivity index (χ4v) is 4.02. The molecular weight excluding hydrogens is 286 g/mol. The van der Waals surface area contributed by atoms with Crippen LogP contribution in [0.2, 0.25) is 0 Å². The maximum absolute atomic E-state index is 12.4. The lowest BCUT2D eigenvalue weighted by molar-refractivity contribution is -0.131. The molecule has 1 N–H and O–H groups in total. The van der Waals surface area contributed by atoms with Crippen LogP contribution >= 0.6 is 0 Å². The van der Waals surface area contributed by atoms with E-state index in [9.17, 15) is 4.79 Å². The van der Waals surface area contributed by atoms with Crippen LogP contribution in [0.3, 0.4) is 0 Å². The van der Waals surface area contributed by atoms with Crippen molar-refractivity contribution in [2.45, 2.75) is 51.2 Å². The number of amides is 1. The molecule has 126 valence electrons. The number of carbonyl (C=O) groups excluding carboxylic acids is 1. The lowest BCUT2D eigenvalue weighted by Crippen LogP contribution is -2.44. The van der Waals surface area contributed by atoms with Crippen LogP contribution in [0, 0.1) is 0 Å². The lowest BCUT2D eigenvalue weighted by atomic mass is 10.1. The Bertz CT molecular complexity index is 505. The van der Waals surface area contributed by atoms with Gasteiger partial charge in [-0.3, -0.25) is 9.69 Å². The third kappa shape index (κ3) is 4.12. The topological polar surface area (TPSA) is 35.6 Å². The summed E-state index contributed by atoms with van der Waals surface area (Å²) in [5, 5.41) is 3.39. The summed E-state index contributed by atoms with van der Waals surface area (Å²) in [5.74, 6) is 0.373. The van der Waals surface area contributed by atoms with Crippen LogP contribution in [0.5, 0.6) is 0 Å². The number of nitrogens with zero attached hydrogens (tertiary/aromatic N) is 2. The average molecular weight is 315 g/mol. The van der Waals surface area contributed by atoms with E-state index < -0.39 is 0 Å². The first-order chi connectivity index (χ1) is 11.3. The van der Waals surface area contributed by atoms with Gasteiger partial charge in [-0.2, -0.15) is 0 Å². The Morgan fingerprint density at radius 3 is 2.83 bits per heavy atom. The molecular formula is C19H29N3O. The largest absolute Gasteiger partial charge is 0.335 e. The number of hydrogen-bond acceptors (Lipinski definition) is 3. The number of nitrogens with one attached hydrogen (secondary N) is 1. The SMILES string of the molecule is CCNCC[C@H]1CCC(=O)N1[C@H]1CCN(Cc2ccccc2)C1. The van der Waals surface area contributed by atoms with Crippen LogP contribution < -0.4 is 5.32 Å². The van der Waals surface area contributed by atoms with Crippen molar-refractivity contribution in [1.82, 2.24) is 15.1 Å². The lowest BCUT2D eigenvalue weighted by Gasteiger charge is -2.31. The molecule has 23 heavy (non-hydrogen) atoms. The Hall–Kier alpha value is -1.39. The monoisotopic (exact) mass is 315 g/mol. The van der Waals surface area contributed by atoms with Crippen LogP contribution in [0.4, 0.5) is 0 Å². The minimum atomic E-state index is 0.373. The van der Waals surface area contributed by atoms with Gasteiger partial charge in [-0.25, -0.2) is 0 Å². The molecule has 0 aromatic heterocycles. The minimum Gasteiger partial charge on any atom is -0.335 e. The highest BCUT2D eigenvalue weighted by molar-refractivity contribution is 5.79. The summed E-state index contributed by atoms with van der Waals surface area (Å²) in [4.78, 5) is 17.1. The quantitative estimate of drug-likeness (QED) is 0.784. The van der Waals surface area contributed by atoms with E-state index in [4.69, 9.17) is 0 Å². The van der Waals surface area contributed by atoms with Crippen LogP contribution in [0.1, 0.15) is 38.2 Å². The number of hydrogen-bond donors (Lipinski definition) is 1. The maximum atomic E-state index is 12.4. The number of likely N-dealkylation sites (tertiary alicyclic amines) is 2. The summed E-state index contributed by atoms with van der Waals surface area (Å²) in [6.45, 7) is 7.29. The molecule has 0 bridgehead atoms. The molecule has 0 saturated carbocycles. The summed E-state index contributed by atoms with van der Waals surface area (Å²) in [5.41, 5.74) is 1.37. The van der Waals surface area contributed by atoms with E-state index in [1.807, 2.05) is 0 Å². The van der Waals surface area contributed by atoms with Gasteiger partial charge < -0.3 is 10.2 Å². The van der Waals surface area contributed by atoms with Crippen LogP contribution in [0.15, 0.2) is 30.3 Å². The summed E-state index contributed by atoms with van der Waals surface area (Å²) >= 11 is 0. The van der Waals surface area contributed by atoms with Gasteiger partial charge in [0.25, 0.3) is 0 Å². The number of benzene rings is 1. The highest BCUT2D eigenvalue weighted by atomic mass is 16.2. The van der Waals surface area contributed by atoms with Gasteiger partial charge in [0.2, 0.25) is 5.91 Å². The fourth-order valence-electron chi connectivity index (χ4n) is 4.02. The van der Waals surface area contributed by atoms with Gasteiger partial charge in [0.05, 0.1) is 0 Å². The van der Waals surface area contributed by atoms with E-state index in [2.05, 4.69) is 52.4 Å². The number of rotatable bonds is 7. The van der Waals surface area contributed by atoms with Crippen molar-refractivity contribution in [2.75, 3.05) is 26.2 Å². The standard InChI is InChI=1S/C19H29N3O/c1-2-20-12-10-17-8-9-19(23)22(17)18-11-13-21(15-18)14-16-6-4-3-5-7-16/h3-7,17-18,20H,2,8-15H2,1H3/t17-,18+/m1/s1. The molecule has 2 saturated heterocycles. The molecule has 2 atom stereocenters. The highest BCUT2D eigenvalue weighted by Gasteiger charge is 2.38. The van der Waals surface area contributed by atoms with E-state index in [0.717, 1.165) is 58.4 Å². The van der Waals surface area contributed by atoms with Crippen molar-refractivity contribution >= 4 is 5.91 Å². The maximum Gasteiger partial charge on any atom is 0.223 e. The summed E-state index contributed by atoms with van der Waals surface area (Å²) in [6.07, 6.45) is 4.00. The van der Waals surface area contributed by atoms with Gasteiger partial charge in [0.1, 0.15) is 0 Å². The van der Waals surface area contributed by atoms with Crippen molar-refractivity contribution in [3.63, 3.8) is 0 Å². The molecule has 4 nitrogen and oxygen atoms in total. The predicted molar refractivity (Wildman–Crippen MR) is 93.2 cm³/mol. The molecule has 2 aliphatic rings. The molecule has 2 heterocycles. The predicted octanol–water partition coefficient (Wildman–Crippen LogP) is 2.25. The third-order valence-corrected chi connectivity index (χ3v) is 5.17. The number of carbonyl (C=O) groups is 1. The zero-order chi connectivity index (χ0) is 16.1. The molecule has 3 rings (SSSR count). The van der Waals surface area contributed by atoms with Crippen molar-refractivity contribution in [3.05, 3.63) is 35.9 Å². The van der Waals surface area contributed by atoms with E-state index in [-0.39, 0.29) is 0 Å². The van der Waals surface area contributed by atoms with Crippen molar-refractivity contribution < 1.29 is 4.79 Å². The first-order valence-electron chi connectivity index (χ1n) is 9.06. The first-order valence-corrected chi connectivity index (χ1v) is 9.06. The molecule has 2 aliphatic heterocycles. The Labute approximate surface area is 139 Å². The summed E-state index contributed by atoms with van der Waals surface area (Å²) in [6, 6.07) is 11.5. The van der Waals surface area contributed by atoms with Crippen LogP contribution in [-0.4, -0.2) is 54.0 Å². The van der Waals surface area contributed by atoms with E-state index in [1.54, 1.807) is 0 Å². The van der Waals surface area contributed by atoms with Crippen LogP contribution in [0.25, 0.3) is 0 Å². The second-order valence-corrected chi connectivity index (χ2v) is 6.80. The highest BCUT2D eigenvalue weighted by Crippen LogP contribution is 2.28. The molecule has 0 radical (unpaired) electrons. The van der Waals surface area contributed by atoms with E-state index >= 15 is 0 Å².